The Morgan fingerprint density at radius 1 is 1.05 bits per heavy atom. The highest BCUT2D eigenvalue weighted by Gasteiger charge is 2.18. The number of carbonyl (C=O) groups is 1. The molecule has 0 atom stereocenters. The van der Waals surface area contributed by atoms with Crippen LogP contribution in [0, 0.1) is 19.7 Å². The van der Waals surface area contributed by atoms with Crippen molar-refractivity contribution in [3.8, 4) is 22.4 Å². The maximum Gasteiger partial charge on any atom is 0.293 e. The number of aryl methyl sites for hydroxylation is 2. The summed E-state index contributed by atoms with van der Waals surface area (Å²) in [5.41, 5.74) is 3.30. The van der Waals surface area contributed by atoms with Crippen LogP contribution >= 0.6 is 0 Å². The van der Waals surface area contributed by atoms with E-state index >= 15 is 0 Å². The minimum absolute atomic E-state index is 0.118. The Hall–Kier alpha value is -4.42. The van der Waals surface area contributed by atoms with Gasteiger partial charge in [0.1, 0.15) is 5.82 Å². The molecule has 11 nitrogen and oxygen atoms in total. The molecule has 0 unspecified atom stereocenters. The van der Waals surface area contributed by atoms with Crippen LogP contribution in [0.1, 0.15) is 22.1 Å². The van der Waals surface area contributed by atoms with E-state index in [9.17, 15) is 9.18 Å². The SMILES string of the molecule is Cc1nc(C)c(C(=O)Nc2ccc(F)c(-c3cn4cc(-c5cnn(CCN6CCOCC6)c5)cnc4n3)c2)o1. The molecule has 0 aliphatic carbocycles. The van der Waals surface area contributed by atoms with Crippen LogP contribution in [-0.4, -0.2) is 72.8 Å². The van der Waals surface area contributed by atoms with E-state index in [4.69, 9.17) is 9.15 Å². The molecule has 0 bridgehead atoms. The number of oxazole rings is 1. The summed E-state index contributed by atoms with van der Waals surface area (Å²) in [6.45, 7) is 8.48. The molecule has 0 saturated carbocycles. The number of halogens is 1. The standard InChI is InChI=1S/C27H27FN8O3/c1-17-25(39-18(2)31-17)26(37)32-21-3-4-23(28)22(11-21)24-16-35-14-19(12-29-27(35)33-24)20-13-30-36(15-20)6-5-34-7-9-38-10-8-34/h3-4,11-16H,5-10H2,1-2H3,(H,32,37). The summed E-state index contributed by atoms with van der Waals surface area (Å²) in [6.07, 6.45) is 9.13. The average molecular weight is 531 g/mol. The monoisotopic (exact) mass is 530 g/mol. The number of morpholine rings is 1. The maximum absolute atomic E-state index is 14.8. The van der Waals surface area contributed by atoms with Crippen molar-refractivity contribution in [3.63, 3.8) is 0 Å². The summed E-state index contributed by atoms with van der Waals surface area (Å²) < 4.78 is 29.3. The highest BCUT2D eigenvalue weighted by Crippen LogP contribution is 2.27. The summed E-state index contributed by atoms with van der Waals surface area (Å²) >= 11 is 0. The first-order chi connectivity index (χ1) is 18.9. The van der Waals surface area contributed by atoms with Crippen LogP contribution in [0.15, 0.2) is 53.6 Å². The summed E-state index contributed by atoms with van der Waals surface area (Å²) in [5, 5.41) is 7.23. The molecule has 1 saturated heterocycles. The predicted molar refractivity (Wildman–Crippen MR) is 141 cm³/mol. The Labute approximate surface area is 223 Å². The number of nitrogens with zero attached hydrogens (tertiary/aromatic N) is 7. The van der Waals surface area contributed by atoms with Crippen molar-refractivity contribution in [2.45, 2.75) is 20.4 Å². The molecule has 6 rings (SSSR count). The molecule has 1 amide bonds. The Morgan fingerprint density at radius 2 is 1.87 bits per heavy atom. The van der Waals surface area contributed by atoms with Crippen molar-refractivity contribution in [1.82, 2.24) is 34.0 Å². The fourth-order valence-corrected chi connectivity index (χ4v) is 4.60. The zero-order valence-electron chi connectivity index (χ0n) is 21.6. The number of imidazole rings is 1. The van der Waals surface area contributed by atoms with Crippen molar-refractivity contribution in [1.29, 1.82) is 0 Å². The van der Waals surface area contributed by atoms with Gasteiger partial charge in [0.25, 0.3) is 5.91 Å². The molecule has 1 aliphatic heterocycles. The van der Waals surface area contributed by atoms with Gasteiger partial charge in [0, 0.05) is 73.7 Å². The van der Waals surface area contributed by atoms with Gasteiger partial charge in [-0.25, -0.2) is 19.3 Å². The van der Waals surface area contributed by atoms with Gasteiger partial charge in [0.05, 0.1) is 37.3 Å². The zero-order chi connectivity index (χ0) is 26.9. The summed E-state index contributed by atoms with van der Waals surface area (Å²) in [4.78, 5) is 28.1. The second kappa shape index (κ2) is 10.4. The average Bonchev–Trinajstić information content (AvgIpc) is 3.66. The lowest BCUT2D eigenvalue weighted by Gasteiger charge is -2.26. The van der Waals surface area contributed by atoms with Gasteiger partial charge >= 0.3 is 0 Å². The van der Waals surface area contributed by atoms with E-state index < -0.39 is 11.7 Å². The molecule has 0 radical (unpaired) electrons. The Balaban J connectivity index is 1.20. The van der Waals surface area contributed by atoms with Gasteiger partial charge in [-0.2, -0.15) is 5.10 Å². The molecule has 5 aromatic rings. The number of hydrogen-bond acceptors (Lipinski definition) is 8. The number of amides is 1. The van der Waals surface area contributed by atoms with E-state index in [1.54, 1.807) is 30.6 Å². The van der Waals surface area contributed by atoms with Gasteiger partial charge in [-0.15, -0.1) is 0 Å². The molecule has 4 aromatic heterocycles. The molecule has 200 valence electrons. The lowest BCUT2D eigenvalue weighted by Crippen LogP contribution is -2.38. The minimum Gasteiger partial charge on any atom is -0.436 e. The van der Waals surface area contributed by atoms with Crippen molar-refractivity contribution in [3.05, 3.63) is 72.3 Å². The Morgan fingerprint density at radius 3 is 2.67 bits per heavy atom. The smallest absolute Gasteiger partial charge is 0.293 e. The lowest BCUT2D eigenvalue weighted by atomic mass is 10.1. The highest BCUT2D eigenvalue weighted by atomic mass is 19.1. The minimum atomic E-state index is -0.468. The second-order valence-electron chi connectivity index (χ2n) is 9.42. The van der Waals surface area contributed by atoms with E-state index in [0.717, 1.165) is 50.5 Å². The third kappa shape index (κ3) is 5.29. The number of hydrogen-bond donors (Lipinski definition) is 1. The van der Waals surface area contributed by atoms with E-state index in [0.29, 0.717) is 28.7 Å². The van der Waals surface area contributed by atoms with E-state index in [-0.39, 0.29) is 11.3 Å². The first kappa shape index (κ1) is 24.9. The number of carbonyl (C=O) groups excluding carboxylic acids is 1. The number of benzene rings is 1. The van der Waals surface area contributed by atoms with E-state index in [1.807, 2.05) is 23.3 Å². The third-order valence-corrected chi connectivity index (χ3v) is 6.64. The first-order valence-electron chi connectivity index (χ1n) is 12.7. The number of nitrogens with one attached hydrogen (secondary N) is 1. The third-order valence-electron chi connectivity index (χ3n) is 6.64. The summed E-state index contributed by atoms with van der Waals surface area (Å²) in [5.74, 6) is 0.0129. The topological polar surface area (TPSA) is 116 Å². The van der Waals surface area contributed by atoms with Crippen LogP contribution in [0.4, 0.5) is 10.1 Å². The number of fused-ring (bicyclic) bond motifs is 1. The molecule has 0 spiro atoms. The normalized spacial score (nSPS) is 14.2. The maximum atomic E-state index is 14.8. The molecule has 1 fully saturated rings. The molecule has 5 heterocycles. The Kier molecular flexibility index (Phi) is 6.63. The van der Waals surface area contributed by atoms with E-state index in [1.165, 1.54) is 18.2 Å². The molecule has 1 N–H and O–H groups in total. The lowest BCUT2D eigenvalue weighted by molar-refractivity contribution is 0.0360. The number of ether oxygens (including phenoxy) is 1. The summed E-state index contributed by atoms with van der Waals surface area (Å²) in [6, 6.07) is 4.31. The zero-order valence-corrected chi connectivity index (χ0v) is 21.6. The number of rotatable bonds is 7. The van der Waals surface area contributed by atoms with Gasteiger partial charge in [0.15, 0.2) is 5.89 Å². The van der Waals surface area contributed by atoms with Crippen LogP contribution in [0.2, 0.25) is 0 Å². The molecular weight excluding hydrogens is 503 g/mol. The van der Waals surface area contributed by atoms with Crippen molar-refractivity contribution >= 4 is 17.4 Å². The number of anilines is 1. The quantitative estimate of drug-likeness (QED) is 0.340. The van der Waals surface area contributed by atoms with E-state index in [2.05, 4.69) is 30.3 Å². The van der Waals surface area contributed by atoms with Crippen molar-refractivity contribution in [2.75, 3.05) is 38.2 Å². The largest absolute Gasteiger partial charge is 0.436 e. The molecule has 12 heteroatoms. The highest BCUT2D eigenvalue weighted by molar-refractivity contribution is 6.03. The number of aromatic nitrogens is 6. The van der Waals surface area contributed by atoms with Crippen molar-refractivity contribution in [2.24, 2.45) is 0 Å². The van der Waals surface area contributed by atoms with Gasteiger partial charge in [-0.05, 0) is 25.1 Å². The van der Waals surface area contributed by atoms with Crippen LogP contribution in [0.25, 0.3) is 28.2 Å². The summed E-state index contributed by atoms with van der Waals surface area (Å²) in [7, 11) is 0. The second-order valence-corrected chi connectivity index (χ2v) is 9.42. The fourth-order valence-electron chi connectivity index (χ4n) is 4.60. The van der Waals surface area contributed by atoms with Crippen LogP contribution in [0.3, 0.4) is 0 Å². The van der Waals surface area contributed by atoms with Gasteiger partial charge in [-0.1, -0.05) is 0 Å². The molecule has 39 heavy (non-hydrogen) atoms. The van der Waals surface area contributed by atoms with Crippen LogP contribution in [0.5, 0.6) is 0 Å². The van der Waals surface area contributed by atoms with Crippen LogP contribution in [-0.2, 0) is 11.3 Å². The molecular formula is C27H27FN8O3. The first-order valence-corrected chi connectivity index (χ1v) is 12.7. The van der Waals surface area contributed by atoms with Gasteiger partial charge in [0.2, 0.25) is 11.5 Å². The predicted octanol–water partition coefficient (Wildman–Crippen LogP) is 3.59. The van der Waals surface area contributed by atoms with Crippen LogP contribution < -0.4 is 5.32 Å². The van der Waals surface area contributed by atoms with Gasteiger partial charge in [-0.3, -0.25) is 18.8 Å². The van der Waals surface area contributed by atoms with Crippen molar-refractivity contribution < 1.29 is 18.3 Å². The molecule has 1 aromatic carbocycles. The fraction of sp³-hybridized carbons (Fsp3) is 0.296. The van der Waals surface area contributed by atoms with Gasteiger partial charge < -0.3 is 14.5 Å². The molecule has 1 aliphatic rings. The Bertz CT molecular complexity index is 1650.